The Hall–Kier alpha value is -2.36. The number of thiophene rings is 1. The van der Waals surface area contributed by atoms with E-state index in [1.54, 1.807) is 0 Å². The summed E-state index contributed by atoms with van der Waals surface area (Å²) >= 11 is 3.03. The highest BCUT2D eigenvalue weighted by atomic mass is 32.2. The van der Waals surface area contributed by atoms with E-state index in [1.807, 2.05) is 29.1 Å². The normalized spacial score (nSPS) is 10.6. The topological polar surface area (TPSA) is 39.2 Å². The Morgan fingerprint density at radius 2 is 2.08 bits per heavy atom. The molecule has 0 N–H and O–H groups in total. The number of benzene rings is 1. The maximum absolute atomic E-state index is 12.3. The van der Waals surface area contributed by atoms with Crippen LogP contribution in [0.2, 0.25) is 0 Å². The van der Waals surface area contributed by atoms with Crippen LogP contribution in [0.4, 0.5) is 5.69 Å². The lowest BCUT2D eigenvalue weighted by atomic mass is 10.1. The molecule has 126 valence electrons. The van der Waals surface area contributed by atoms with Crippen molar-refractivity contribution in [2.45, 2.75) is 24.3 Å². The monoisotopic (exact) mass is 367 g/mol. The van der Waals surface area contributed by atoms with Crippen LogP contribution < -0.4 is 5.56 Å². The maximum Gasteiger partial charge on any atom is 0.280 e. The van der Waals surface area contributed by atoms with Crippen molar-refractivity contribution in [3.63, 3.8) is 0 Å². The third-order valence-electron chi connectivity index (χ3n) is 3.88. The Bertz CT molecular complexity index is 985. The molecule has 2 heterocycles. The highest BCUT2D eigenvalue weighted by Gasteiger charge is 2.17. The van der Waals surface area contributed by atoms with Gasteiger partial charge in [-0.15, -0.1) is 11.3 Å². The van der Waals surface area contributed by atoms with Gasteiger partial charge in [-0.3, -0.25) is 4.79 Å². The van der Waals surface area contributed by atoms with Crippen molar-refractivity contribution in [3.8, 4) is 10.6 Å². The smallest absolute Gasteiger partial charge is 0.280 e. The lowest BCUT2D eigenvalue weighted by molar-refractivity contribution is 0.742. The number of aromatic nitrogens is 2. The molecular weight excluding hydrogens is 350 g/mol. The van der Waals surface area contributed by atoms with Gasteiger partial charge in [0.15, 0.2) is 5.16 Å². The molecule has 0 atom stereocenters. The molecule has 0 radical (unpaired) electrons. The van der Waals surface area contributed by atoms with Crippen molar-refractivity contribution >= 4 is 28.8 Å². The minimum atomic E-state index is -0.457. The Morgan fingerprint density at radius 1 is 1.28 bits per heavy atom. The molecule has 0 amide bonds. The fourth-order valence-electron chi connectivity index (χ4n) is 2.58. The molecule has 4 nitrogen and oxygen atoms in total. The molecule has 0 fully saturated rings. The lowest BCUT2D eigenvalue weighted by Gasteiger charge is -2.13. The summed E-state index contributed by atoms with van der Waals surface area (Å²) in [5.74, 6) is 0.732. The second-order valence-electron chi connectivity index (χ2n) is 5.51. The van der Waals surface area contributed by atoms with E-state index in [4.69, 9.17) is 6.57 Å². The van der Waals surface area contributed by atoms with Crippen molar-refractivity contribution in [1.29, 1.82) is 0 Å². The van der Waals surface area contributed by atoms with Gasteiger partial charge in [-0.1, -0.05) is 49.0 Å². The van der Waals surface area contributed by atoms with Crippen LogP contribution in [-0.4, -0.2) is 9.55 Å². The summed E-state index contributed by atoms with van der Waals surface area (Å²) < 4.78 is 1.86. The van der Waals surface area contributed by atoms with E-state index in [9.17, 15) is 4.79 Å². The van der Waals surface area contributed by atoms with E-state index < -0.39 is 5.56 Å². The molecule has 2 aromatic heterocycles. The Balaban J connectivity index is 1.97. The highest BCUT2D eigenvalue weighted by Crippen LogP contribution is 2.33. The Morgan fingerprint density at radius 3 is 2.76 bits per heavy atom. The first-order valence-corrected chi connectivity index (χ1v) is 9.73. The van der Waals surface area contributed by atoms with E-state index in [0.717, 1.165) is 17.1 Å². The summed E-state index contributed by atoms with van der Waals surface area (Å²) in [6, 6.07) is 12.3. The third-order valence-corrected chi connectivity index (χ3v) is 5.86. The number of hydrogen-bond donors (Lipinski definition) is 0. The second-order valence-corrected chi connectivity index (χ2v) is 7.40. The van der Waals surface area contributed by atoms with Gasteiger partial charge in [0.1, 0.15) is 0 Å². The molecule has 3 rings (SSSR count). The summed E-state index contributed by atoms with van der Waals surface area (Å²) in [4.78, 5) is 20.8. The van der Waals surface area contributed by atoms with Gasteiger partial charge in [-0.2, -0.15) is 4.98 Å². The van der Waals surface area contributed by atoms with Crippen molar-refractivity contribution in [3.05, 3.63) is 74.7 Å². The van der Waals surface area contributed by atoms with Gasteiger partial charge >= 0.3 is 0 Å². The molecular formula is C19H17N3OS2. The molecule has 0 spiro atoms. The zero-order chi connectivity index (χ0) is 17.8. The lowest BCUT2D eigenvalue weighted by Crippen LogP contribution is -2.14. The largest absolute Gasteiger partial charge is 0.332 e. The van der Waals surface area contributed by atoms with Crippen LogP contribution >= 0.6 is 23.1 Å². The molecule has 0 aliphatic carbocycles. The number of aryl methyl sites for hydroxylation is 1. The first-order valence-electron chi connectivity index (χ1n) is 7.87. The van der Waals surface area contributed by atoms with E-state index in [-0.39, 0.29) is 5.69 Å². The van der Waals surface area contributed by atoms with E-state index in [2.05, 4.69) is 41.0 Å². The number of thioether (sulfide) groups is 1. The van der Waals surface area contributed by atoms with Crippen molar-refractivity contribution in [2.24, 2.45) is 7.05 Å². The van der Waals surface area contributed by atoms with Crippen LogP contribution in [-0.2, 0) is 19.2 Å². The number of nitrogens with zero attached hydrogens (tertiary/aromatic N) is 3. The predicted octanol–water partition coefficient (Wildman–Crippen LogP) is 4.91. The fraction of sp³-hybridized carbons (Fsp3) is 0.211. The van der Waals surface area contributed by atoms with Gasteiger partial charge in [0.05, 0.1) is 12.3 Å². The molecule has 0 saturated carbocycles. The zero-order valence-corrected chi connectivity index (χ0v) is 15.7. The standard InChI is InChI=1S/C19H17N3OS2/c1-4-13-7-5-8-14(11-13)12-25-19-21-18(23)16(20-2)17(22(19)3)15-9-6-10-24-15/h5-11H,4,12H2,1,3H3. The SMILES string of the molecule is [C-]#[N+]c1c(-c2cccs2)n(C)c(SCc2cccc(CC)c2)nc1=O. The molecule has 0 unspecified atom stereocenters. The highest BCUT2D eigenvalue weighted by molar-refractivity contribution is 7.98. The molecule has 3 aromatic rings. The van der Waals surface area contributed by atoms with Crippen LogP contribution in [0.25, 0.3) is 15.4 Å². The summed E-state index contributed by atoms with van der Waals surface area (Å²) in [5.41, 5.74) is 2.77. The van der Waals surface area contributed by atoms with Crippen LogP contribution in [0.15, 0.2) is 51.7 Å². The summed E-state index contributed by atoms with van der Waals surface area (Å²) in [5, 5.41) is 2.57. The average Bonchev–Trinajstić information content (AvgIpc) is 3.16. The van der Waals surface area contributed by atoms with Gasteiger partial charge in [0.2, 0.25) is 0 Å². The summed E-state index contributed by atoms with van der Waals surface area (Å²) in [7, 11) is 1.86. The van der Waals surface area contributed by atoms with Gasteiger partial charge in [-0.25, -0.2) is 4.85 Å². The maximum atomic E-state index is 12.3. The van der Waals surface area contributed by atoms with E-state index >= 15 is 0 Å². The molecule has 0 bridgehead atoms. The minimum absolute atomic E-state index is 0.0854. The second kappa shape index (κ2) is 7.68. The molecule has 1 aromatic carbocycles. The first kappa shape index (κ1) is 17.5. The van der Waals surface area contributed by atoms with Crippen molar-refractivity contribution in [1.82, 2.24) is 9.55 Å². The summed E-state index contributed by atoms with van der Waals surface area (Å²) in [6.45, 7) is 9.48. The van der Waals surface area contributed by atoms with Gasteiger partial charge < -0.3 is 4.57 Å². The first-order chi connectivity index (χ1) is 12.1. The fourth-order valence-corrected chi connectivity index (χ4v) is 4.30. The molecule has 0 saturated heterocycles. The minimum Gasteiger partial charge on any atom is -0.332 e. The Kier molecular flexibility index (Phi) is 5.37. The van der Waals surface area contributed by atoms with Crippen LogP contribution in [0.1, 0.15) is 18.1 Å². The number of hydrogen-bond acceptors (Lipinski definition) is 4. The van der Waals surface area contributed by atoms with E-state index in [0.29, 0.717) is 10.9 Å². The van der Waals surface area contributed by atoms with Gasteiger partial charge in [0, 0.05) is 17.7 Å². The van der Waals surface area contributed by atoms with Crippen molar-refractivity contribution in [2.75, 3.05) is 0 Å². The summed E-state index contributed by atoms with van der Waals surface area (Å²) in [6.07, 6.45) is 0.997. The third kappa shape index (κ3) is 3.68. The quantitative estimate of drug-likeness (QED) is 0.365. The Labute approximate surface area is 155 Å². The molecule has 6 heteroatoms. The van der Waals surface area contributed by atoms with Crippen molar-refractivity contribution < 1.29 is 0 Å². The predicted molar refractivity (Wildman–Crippen MR) is 104 cm³/mol. The number of rotatable bonds is 5. The molecule has 0 aliphatic heterocycles. The van der Waals surface area contributed by atoms with Gasteiger partial charge in [-0.05, 0) is 29.0 Å². The van der Waals surface area contributed by atoms with Gasteiger partial charge in [0.25, 0.3) is 11.2 Å². The van der Waals surface area contributed by atoms with Crippen LogP contribution in [0.3, 0.4) is 0 Å². The van der Waals surface area contributed by atoms with E-state index in [1.165, 1.54) is 34.2 Å². The van der Waals surface area contributed by atoms with Crippen LogP contribution in [0.5, 0.6) is 0 Å². The molecule has 0 aliphatic rings. The molecule has 25 heavy (non-hydrogen) atoms. The zero-order valence-electron chi connectivity index (χ0n) is 14.0. The average molecular weight is 367 g/mol. The van der Waals surface area contributed by atoms with Crippen LogP contribution in [0, 0.1) is 6.57 Å².